The number of hydrogen-bond acceptors (Lipinski definition) is 5. The Labute approximate surface area is 173 Å². The van der Waals surface area contributed by atoms with E-state index in [2.05, 4.69) is 20.9 Å². The second kappa shape index (κ2) is 9.48. The third kappa shape index (κ3) is 4.76. The molecular weight excluding hydrogens is 390 g/mol. The van der Waals surface area contributed by atoms with Gasteiger partial charge in [-0.2, -0.15) is 0 Å². The van der Waals surface area contributed by atoms with Crippen molar-refractivity contribution in [1.82, 2.24) is 20.2 Å². The maximum Gasteiger partial charge on any atom is 0.238 e. The van der Waals surface area contributed by atoms with Gasteiger partial charge in [0.25, 0.3) is 0 Å². The maximum absolute atomic E-state index is 13.1. The molecular formula is C20H21N5OS2. The monoisotopic (exact) mass is 411 g/mol. The topological polar surface area (TPSA) is 71.8 Å². The van der Waals surface area contributed by atoms with Gasteiger partial charge < -0.3 is 5.32 Å². The smallest absolute Gasteiger partial charge is 0.238 e. The Morgan fingerprint density at radius 1 is 1.07 bits per heavy atom. The predicted molar refractivity (Wildman–Crippen MR) is 116 cm³/mol. The lowest BCUT2D eigenvalue weighted by molar-refractivity contribution is -0.120. The van der Waals surface area contributed by atoms with Gasteiger partial charge in [-0.05, 0) is 36.0 Å². The van der Waals surface area contributed by atoms with Gasteiger partial charge in [0.1, 0.15) is 5.82 Å². The highest BCUT2D eigenvalue weighted by Crippen LogP contribution is 2.24. The summed E-state index contributed by atoms with van der Waals surface area (Å²) in [7, 11) is 0. The van der Waals surface area contributed by atoms with Crippen LogP contribution in [0.15, 0.2) is 65.8 Å². The van der Waals surface area contributed by atoms with Gasteiger partial charge in [0.05, 0.1) is 5.92 Å². The van der Waals surface area contributed by atoms with Crippen molar-refractivity contribution >= 4 is 35.0 Å². The van der Waals surface area contributed by atoms with Crippen molar-refractivity contribution in [3.63, 3.8) is 0 Å². The van der Waals surface area contributed by atoms with Gasteiger partial charge >= 0.3 is 0 Å². The van der Waals surface area contributed by atoms with E-state index in [0.717, 1.165) is 16.9 Å². The Hall–Kier alpha value is -2.71. The second-order valence-electron chi connectivity index (χ2n) is 5.98. The van der Waals surface area contributed by atoms with Crippen molar-refractivity contribution in [3.05, 3.63) is 77.6 Å². The number of rotatable bonds is 6. The van der Waals surface area contributed by atoms with E-state index in [1.807, 2.05) is 74.5 Å². The van der Waals surface area contributed by atoms with Crippen molar-refractivity contribution in [2.24, 2.45) is 0 Å². The van der Waals surface area contributed by atoms with Crippen LogP contribution in [0.3, 0.4) is 0 Å². The molecule has 1 heterocycles. The first-order valence-corrected chi connectivity index (χ1v) is 10.3. The number of thiocarbonyl (C=S) groups is 1. The molecule has 0 fully saturated rings. The van der Waals surface area contributed by atoms with Crippen LogP contribution in [0.5, 0.6) is 0 Å². The highest BCUT2D eigenvalue weighted by molar-refractivity contribution is 7.99. The molecule has 0 saturated heterocycles. The minimum absolute atomic E-state index is 0.197. The molecule has 1 amide bonds. The van der Waals surface area contributed by atoms with Gasteiger partial charge in [-0.3, -0.25) is 10.2 Å². The molecule has 0 aliphatic heterocycles. The molecule has 6 nitrogen and oxygen atoms in total. The SMILES string of the molecule is CCSc1nnc(C)n1NC(=S)NC(=O)C(c1ccccc1)c1ccccc1. The predicted octanol–water partition coefficient (Wildman–Crippen LogP) is 3.48. The first kappa shape index (κ1) is 20.0. The van der Waals surface area contributed by atoms with Crippen LogP contribution >= 0.6 is 24.0 Å². The van der Waals surface area contributed by atoms with E-state index >= 15 is 0 Å². The molecule has 0 aliphatic carbocycles. The molecule has 28 heavy (non-hydrogen) atoms. The normalized spacial score (nSPS) is 10.7. The van der Waals surface area contributed by atoms with Crippen LogP contribution < -0.4 is 10.7 Å². The van der Waals surface area contributed by atoms with Gasteiger partial charge in [0, 0.05) is 0 Å². The second-order valence-corrected chi connectivity index (χ2v) is 7.62. The van der Waals surface area contributed by atoms with Gasteiger partial charge in [-0.1, -0.05) is 79.3 Å². The summed E-state index contributed by atoms with van der Waals surface area (Å²) < 4.78 is 1.68. The molecule has 0 unspecified atom stereocenters. The molecule has 3 aromatic rings. The molecule has 0 spiro atoms. The van der Waals surface area contributed by atoms with Crippen LogP contribution in [-0.4, -0.2) is 31.6 Å². The minimum atomic E-state index is -0.464. The van der Waals surface area contributed by atoms with Crippen molar-refractivity contribution in [2.75, 3.05) is 11.2 Å². The Bertz CT molecular complexity index is 904. The first-order chi connectivity index (χ1) is 13.6. The van der Waals surface area contributed by atoms with E-state index in [1.54, 1.807) is 4.68 Å². The van der Waals surface area contributed by atoms with Crippen molar-refractivity contribution in [3.8, 4) is 0 Å². The van der Waals surface area contributed by atoms with Gasteiger partial charge in [-0.25, -0.2) is 4.68 Å². The third-order valence-electron chi connectivity index (χ3n) is 4.05. The van der Waals surface area contributed by atoms with Crippen LogP contribution in [-0.2, 0) is 4.79 Å². The maximum atomic E-state index is 13.1. The van der Waals surface area contributed by atoms with Crippen LogP contribution in [0.1, 0.15) is 29.8 Å². The van der Waals surface area contributed by atoms with E-state index in [4.69, 9.17) is 12.2 Å². The molecule has 0 atom stereocenters. The number of amides is 1. The molecule has 0 bridgehead atoms. The van der Waals surface area contributed by atoms with E-state index in [-0.39, 0.29) is 11.0 Å². The molecule has 3 rings (SSSR count). The zero-order valence-electron chi connectivity index (χ0n) is 15.6. The molecule has 2 N–H and O–H groups in total. The average molecular weight is 412 g/mol. The zero-order chi connectivity index (χ0) is 19.9. The van der Waals surface area contributed by atoms with Gasteiger partial charge in [0.15, 0.2) is 5.11 Å². The van der Waals surface area contributed by atoms with Crippen LogP contribution in [0.4, 0.5) is 0 Å². The number of benzene rings is 2. The molecule has 1 aromatic heterocycles. The number of aryl methyl sites for hydroxylation is 1. The van der Waals surface area contributed by atoms with Crippen molar-refractivity contribution < 1.29 is 4.79 Å². The summed E-state index contributed by atoms with van der Waals surface area (Å²) in [5.74, 6) is 0.845. The van der Waals surface area contributed by atoms with Crippen LogP contribution in [0, 0.1) is 6.92 Å². The fraction of sp³-hybridized carbons (Fsp3) is 0.200. The molecule has 144 valence electrons. The third-order valence-corrected chi connectivity index (χ3v) is 5.05. The Balaban J connectivity index is 1.79. The quantitative estimate of drug-likeness (QED) is 0.478. The van der Waals surface area contributed by atoms with E-state index in [1.165, 1.54) is 11.8 Å². The van der Waals surface area contributed by atoms with E-state index in [9.17, 15) is 4.79 Å². The first-order valence-electron chi connectivity index (χ1n) is 8.86. The summed E-state index contributed by atoms with van der Waals surface area (Å²) in [6, 6.07) is 19.3. The standard InChI is InChI=1S/C20H21N5OS2/c1-3-28-20-23-22-14(2)25(20)24-19(27)21-18(26)17(15-10-6-4-7-11-15)16-12-8-5-9-13-16/h4-13,17H,3H2,1-2H3,(H2,21,24,26,27). The summed E-state index contributed by atoms with van der Waals surface area (Å²) in [6.45, 7) is 3.85. The number of carbonyl (C=O) groups excluding carboxylic acids is 1. The summed E-state index contributed by atoms with van der Waals surface area (Å²) in [4.78, 5) is 13.1. The Morgan fingerprint density at radius 3 is 2.18 bits per heavy atom. The lowest BCUT2D eigenvalue weighted by Gasteiger charge is -2.19. The molecule has 8 heteroatoms. The van der Waals surface area contributed by atoms with Crippen LogP contribution in [0.2, 0.25) is 0 Å². The number of thioether (sulfide) groups is 1. The highest BCUT2D eigenvalue weighted by atomic mass is 32.2. The van der Waals surface area contributed by atoms with Crippen molar-refractivity contribution in [1.29, 1.82) is 0 Å². The fourth-order valence-electron chi connectivity index (χ4n) is 2.79. The summed E-state index contributed by atoms with van der Waals surface area (Å²) in [5.41, 5.74) is 4.80. The van der Waals surface area contributed by atoms with Crippen LogP contribution in [0.25, 0.3) is 0 Å². The lowest BCUT2D eigenvalue weighted by atomic mass is 9.90. The average Bonchev–Trinajstić information content (AvgIpc) is 3.03. The Morgan fingerprint density at radius 2 is 1.64 bits per heavy atom. The lowest BCUT2D eigenvalue weighted by Crippen LogP contribution is -2.41. The fourth-order valence-corrected chi connectivity index (χ4v) is 3.65. The van der Waals surface area contributed by atoms with Gasteiger partial charge in [-0.15, -0.1) is 10.2 Å². The number of carbonyl (C=O) groups is 1. The number of aromatic nitrogens is 3. The summed E-state index contributed by atoms with van der Waals surface area (Å²) >= 11 is 6.91. The largest absolute Gasteiger partial charge is 0.301 e. The zero-order valence-corrected chi connectivity index (χ0v) is 17.3. The van der Waals surface area contributed by atoms with E-state index in [0.29, 0.717) is 11.0 Å². The highest BCUT2D eigenvalue weighted by Gasteiger charge is 2.23. The number of nitrogens with one attached hydrogen (secondary N) is 2. The minimum Gasteiger partial charge on any atom is -0.301 e. The number of hydrogen-bond donors (Lipinski definition) is 2. The molecule has 0 saturated carbocycles. The summed E-state index contributed by atoms with van der Waals surface area (Å²) in [5, 5.41) is 11.9. The number of nitrogens with zero attached hydrogens (tertiary/aromatic N) is 3. The van der Waals surface area contributed by atoms with Gasteiger partial charge in [0.2, 0.25) is 11.1 Å². The Kier molecular flexibility index (Phi) is 6.78. The molecule has 2 aromatic carbocycles. The molecule has 0 radical (unpaired) electrons. The van der Waals surface area contributed by atoms with Crippen molar-refractivity contribution in [2.45, 2.75) is 24.9 Å². The molecule has 0 aliphatic rings. The van der Waals surface area contributed by atoms with E-state index < -0.39 is 5.92 Å². The summed E-state index contributed by atoms with van der Waals surface area (Å²) in [6.07, 6.45) is 0.